The lowest BCUT2D eigenvalue weighted by Gasteiger charge is -2.31. The summed E-state index contributed by atoms with van der Waals surface area (Å²) < 4.78 is 56.8. The van der Waals surface area contributed by atoms with E-state index in [-0.39, 0.29) is 36.9 Å². The predicted octanol–water partition coefficient (Wildman–Crippen LogP) is 7.47. The molecule has 0 radical (unpaired) electrons. The van der Waals surface area contributed by atoms with Crippen molar-refractivity contribution < 1.29 is 42.1 Å². The van der Waals surface area contributed by atoms with Crippen molar-refractivity contribution in [1.82, 2.24) is 5.32 Å². The van der Waals surface area contributed by atoms with Gasteiger partial charge in [0.25, 0.3) is 5.91 Å². The van der Waals surface area contributed by atoms with Gasteiger partial charge in [-0.1, -0.05) is 41.4 Å². The summed E-state index contributed by atoms with van der Waals surface area (Å²) in [4.78, 5) is 32.0. The van der Waals surface area contributed by atoms with Gasteiger partial charge in [0.1, 0.15) is 11.4 Å². The molecule has 8 nitrogen and oxygen atoms in total. The maximum absolute atomic E-state index is 14.3. The third kappa shape index (κ3) is 9.39. The second kappa shape index (κ2) is 15.0. The first-order valence-corrected chi connectivity index (χ1v) is 15.6. The molecule has 0 aromatic heterocycles. The first kappa shape index (κ1) is 36.0. The molecule has 252 valence electrons. The van der Waals surface area contributed by atoms with Crippen LogP contribution in [0.15, 0.2) is 71.7 Å². The number of halogens is 5. The average molecular weight is 696 g/mol. The Bertz CT molecular complexity index is 1590. The number of carbonyl (C=O) groups excluding carboxylic acids is 2. The molecular formula is C34H35Cl2F3N2O6. The standard InChI is InChI=1S/C34H35Cl2F3N2O6/c1-32(2,3)47-28(43)15-16-33(31(44)40-20-21-5-9-23(10-6-21)34(37,38)39)29(26-14-11-24(35)19-27(26)36)46-30(41-33)22-7-12-25(13-8-22)45-18-4-17-42/h5-14,19,29,42H,4,15-18,20H2,1-3H3,(H,40,44)/t29-,33-/m1/s1. The summed E-state index contributed by atoms with van der Waals surface area (Å²) in [6.07, 6.45) is -5.55. The van der Waals surface area contributed by atoms with Gasteiger partial charge in [-0.05, 0) is 81.3 Å². The van der Waals surface area contributed by atoms with Crippen LogP contribution in [0.3, 0.4) is 0 Å². The van der Waals surface area contributed by atoms with E-state index in [9.17, 15) is 22.8 Å². The molecule has 0 fully saturated rings. The lowest BCUT2D eigenvalue weighted by Crippen LogP contribution is -2.48. The molecule has 1 aliphatic heterocycles. The van der Waals surface area contributed by atoms with E-state index >= 15 is 0 Å². The van der Waals surface area contributed by atoms with Gasteiger partial charge >= 0.3 is 12.1 Å². The molecule has 13 heteroatoms. The highest BCUT2D eigenvalue weighted by Crippen LogP contribution is 2.46. The SMILES string of the molecule is CC(C)(C)OC(=O)CC[C@@]1(C(=O)NCc2ccc(C(F)(F)F)cc2)N=C(c2ccc(OCCCO)cc2)O[C@@H]1c1ccc(Cl)cc1Cl. The minimum Gasteiger partial charge on any atom is -0.494 e. The zero-order valence-corrected chi connectivity index (χ0v) is 27.5. The summed E-state index contributed by atoms with van der Waals surface area (Å²) >= 11 is 12.8. The van der Waals surface area contributed by atoms with Crippen LogP contribution >= 0.6 is 23.2 Å². The number of hydrogen-bond donors (Lipinski definition) is 2. The van der Waals surface area contributed by atoms with Crippen LogP contribution in [-0.2, 0) is 31.8 Å². The first-order chi connectivity index (χ1) is 22.1. The zero-order valence-electron chi connectivity index (χ0n) is 26.0. The van der Waals surface area contributed by atoms with Gasteiger partial charge < -0.3 is 24.6 Å². The lowest BCUT2D eigenvalue weighted by molar-refractivity contribution is -0.155. The van der Waals surface area contributed by atoms with E-state index in [4.69, 9.17) is 47.5 Å². The highest BCUT2D eigenvalue weighted by Gasteiger charge is 2.54. The normalized spacial score (nSPS) is 17.9. The van der Waals surface area contributed by atoms with Gasteiger partial charge in [-0.3, -0.25) is 9.59 Å². The number of ether oxygens (including phenoxy) is 3. The minimum atomic E-state index is -4.51. The number of esters is 1. The summed E-state index contributed by atoms with van der Waals surface area (Å²) in [5.74, 6) is -0.572. The van der Waals surface area contributed by atoms with Gasteiger partial charge in [0.05, 0.1) is 12.2 Å². The number of carbonyl (C=O) groups is 2. The van der Waals surface area contributed by atoms with Gasteiger partial charge in [-0.15, -0.1) is 0 Å². The van der Waals surface area contributed by atoms with Crippen LogP contribution in [0.2, 0.25) is 10.0 Å². The highest BCUT2D eigenvalue weighted by molar-refractivity contribution is 6.35. The summed E-state index contributed by atoms with van der Waals surface area (Å²) in [5, 5.41) is 12.4. The van der Waals surface area contributed by atoms with Crippen LogP contribution in [0.1, 0.15) is 68.4 Å². The quantitative estimate of drug-likeness (QED) is 0.151. The summed E-state index contributed by atoms with van der Waals surface area (Å²) in [6, 6.07) is 15.9. The molecule has 0 spiro atoms. The molecule has 3 aromatic carbocycles. The molecule has 1 aliphatic rings. The average Bonchev–Trinajstić information content (AvgIpc) is 3.39. The van der Waals surface area contributed by atoms with Gasteiger partial charge in [0, 0.05) is 47.2 Å². The maximum atomic E-state index is 14.3. The molecule has 2 N–H and O–H groups in total. The molecular weight excluding hydrogens is 660 g/mol. The smallest absolute Gasteiger partial charge is 0.416 e. The Kier molecular flexibility index (Phi) is 11.5. The van der Waals surface area contributed by atoms with Crippen LogP contribution in [0, 0.1) is 0 Å². The topological polar surface area (TPSA) is 106 Å². The van der Waals surface area contributed by atoms with E-state index in [1.54, 1.807) is 57.2 Å². The molecule has 1 amide bonds. The summed E-state index contributed by atoms with van der Waals surface area (Å²) in [6.45, 7) is 5.34. The molecule has 0 unspecified atom stereocenters. The molecule has 0 aliphatic carbocycles. The summed E-state index contributed by atoms with van der Waals surface area (Å²) in [7, 11) is 0. The molecule has 0 saturated heterocycles. The second-order valence-corrected chi connectivity index (χ2v) is 12.8. The van der Waals surface area contributed by atoms with Crippen LogP contribution in [0.25, 0.3) is 0 Å². The first-order valence-electron chi connectivity index (χ1n) is 14.8. The number of rotatable bonds is 12. The van der Waals surface area contributed by atoms with Crippen molar-refractivity contribution in [1.29, 1.82) is 0 Å². The maximum Gasteiger partial charge on any atom is 0.416 e. The lowest BCUT2D eigenvalue weighted by atomic mass is 9.83. The monoisotopic (exact) mass is 694 g/mol. The van der Waals surface area contributed by atoms with E-state index < -0.39 is 40.9 Å². The number of hydrogen-bond acceptors (Lipinski definition) is 7. The van der Waals surface area contributed by atoms with Crippen molar-refractivity contribution in [3.8, 4) is 5.75 Å². The largest absolute Gasteiger partial charge is 0.494 e. The van der Waals surface area contributed by atoms with Crippen LogP contribution in [0.4, 0.5) is 13.2 Å². The minimum absolute atomic E-state index is 0.0102. The van der Waals surface area contributed by atoms with E-state index in [2.05, 4.69) is 5.32 Å². The van der Waals surface area contributed by atoms with Gasteiger partial charge in [-0.2, -0.15) is 13.2 Å². The van der Waals surface area contributed by atoms with E-state index in [1.807, 2.05) is 0 Å². The molecule has 3 aromatic rings. The van der Waals surface area contributed by atoms with E-state index in [0.717, 1.165) is 12.1 Å². The zero-order chi connectivity index (χ0) is 34.4. The second-order valence-electron chi connectivity index (χ2n) is 11.9. The highest BCUT2D eigenvalue weighted by atomic mass is 35.5. The van der Waals surface area contributed by atoms with Gasteiger partial charge in [0.2, 0.25) is 5.90 Å². The fourth-order valence-electron chi connectivity index (χ4n) is 4.89. The Morgan fingerprint density at radius 3 is 2.30 bits per heavy atom. The van der Waals surface area contributed by atoms with Crippen molar-refractivity contribution in [2.24, 2.45) is 4.99 Å². The van der Waals surface area contributed by atoms with Crippen LogP contribution in [-0.4, -0.2) is 47.2 Å². The number of nitrogens with one attached hydrogen (secondary N) is 1. The Morgan fingerprint density at radius 1 is 1.02 bits per heavy atom. The number of aliphatic imine (C=N–C) groups is 1. The Labute approximate surface area is 280 Å². The van der Waals surface area contributed by atoms with Crippen molar-refractivity contribution in [3.63, 3.8) is 0 Å². The third-order valence-electron chi connectivity index (χ3n) is 7.14. The number of aliphatic hydroxyl groups excluding tert-OH is 1. The summed E-state index contributed by atoms with van der Waals surface area (Å²) in [5.41, 5.74) is -2.06. The fraction of sp³-hybridized carbons (Fsp3) is 0.382. The number of amides is 1. The number of aliphatic hydroxyl groups is 1. The van der Waals surface area contributed by atoms with E-state index in [0.29, 0.717) is 40.5 Å². The van der Waals surface area contributed by atoms with E-state index in [1.165, 1.54) is 18.2 Å². The van der Waals surface area contributed by atoms with Crippen molar-refractivity contribution in [3.05, 3.63) is 99.0 Å². The molecule has 47 heavy (non-hydrogen) atoms. The van der Waals surface area contributed by atoms with Gasteiger partial charge in [0.15, 0.2) is 11.6 Å². The van der Waals surface area contributed by atoms with Crippen LogP contribution in [0.5, 0.6) is 5.75 Å². The number of alkyl halides is 3. The van der Waals surface area contributed by atoms with Crippen molar-refractivity contribution in [2.75, 3.05) is 13.2 Å². The predicted molar refractivity (Wildman–Crippen MR) is 172 cm³/mol. The molecule has 2 atom stereocenters. The Hall–Kier alpha value is -3.80. The molecule has 4 rings (SSSR count). The molecule has 0 saturated carbocycles. The fourth-order valence-corrected chi connectivity index (χ4v) is 5.40. The Balaban J connectivity index is 1.73. The Morgan fingerprint density at radius 2 is 1.70 bits per heavy atom. The van der Waals surface area contributed by atoms with Crippen molar-refractivity contribution >= 4 is 41.0 Å². The molecule has 1 heterocycles. The van der Waals surface area contributed by atoms with Gasteiger partial charge in [-0.25, -0.2) is 4.99 Å². The third-order valence-corrected chi connectivity index (χ3v) is 7.70. The van der Waals surface area contributed by atoms with Crippen molar-refractivity contribution in [2.45, 2.75) is 70.0 Å². The molecule has 0 bridgehead atoms. The number of nitrogens with zero attached hydrogens (tertiary/aromatic N) is 1. The number of benzene rings is 3. The van der Waals surface area contributed by atoms with Crippen LogP contribution < -0.4 is 10.1 Å².